The first-order valence-electron chi connectivity index (χ1n) is 5.88. The minimum absolute atomic E-state index is 0.337. The van der Waals surface area contributed by atoms with Crippen LogP contribution in [0.5, 0.6) is 0 Å². The summed E-state index contributed by atoms with van der Waals surface area (Å²) in [5, 5.41) is 12.2. The Hall–Kier alpha value is -1.45. The van der Waals surface area contributed by atoms with Crippen LogP contribution >= 0.6 is 11.8 Å². The Morgan fingerprint density at radius 3 is 2.90 bits per heavy atom. The summed E-state index contributed by atoms with van der Waals surface area (Å²) in [7, 11) is -3.15. The fraction of sp³-hybridized carbons (Fsp3) is 0.364. The normalized spacial score (nSPS) is 11.7. The highest BCUT2D eigenvalue weighted by Crippen LogP contribution is 2.18. The topological polar surface area (TPSA) is 89.8 Å². The predicted molar refractivity (Wildman–Crippen MR) is 77.5 cm³/mol. The van der Waals surface area contributed by atoms with Crippen molar-refractivity contribution in [3.63, 3.8) is 0 Å². The number of thioether (sulfide) groups is 1. The van der Waals surface area contributed by atoms with Gasteiger partial charge in [0.25, 0.3) is 0 Å². The Balaban J connectivity index is 2.02. The lowest BCUT2D eigenvalue weighted by atomic mass is 10.2. The van der Waals surface area contributed by atoms with Crippen molar-refractivity contribution >= 4 is 21.8 Å². The largest absolute Gasteiger partial charge is 0.215 e. The molecule has 1 aromatic heterocycles. The van der Waals surface area contributed by atoms with E-state index in [-0.39, 0.29) is 0 Å². The van der Waals surface area contributed by atoms with Crippen molar-refractivity contribution in [3.05, 3.63) is 29.8 Å². The van der Waals surface area contributed by atoms with E-state index >= 15 is 0 Å². The van der Waals surface area contributed by atoms with Crippen molar-refractivity contribution < 1.29 is 8.42 Å². The Morgan fingerprint density at radius 1 is 1.40 bits per heavy atom. The Morgan fingerprint density at radius 2 is 2.20 bits per heavy atom. The molecule has 0 saturated carbocycles. The van der Waals surface area contributed by atoms with Crippen molar-refractivity contribution in [2.45, 2.75) is 12.1 Å². The summed E-state index contributed by atoms with van der Waals surface area (Å²) in [5.74, 6) is 0.555. The van der Waals surface area contributed by atoms with Gasteiger partial charge in [0.1, 0.15) is 0 Å². The van der Waals surface area contributed by atoms with Crippen LogP contribution in [0.15, 0.2) is 29.4 Å². The summed E-state index contributed by atoms with van der Waals surface area (Å²) < 4.78 is 26.0. The Labute approximate surface area is 121 Å². The zero-order valence-electron chi connectivity index (χ0n) is 11.1. The first-order valence-corrected chi connectivity index (χ1v) is 8.76. The van der Waals surface area contributed by atoms with Crippen molar-refractivity contribution in [1.82, 2.24) is 24.9 Å². The number of aryl methyl sites for hydroxylation is 1. The zero-order valence-corrected chi connectivity index (χ0v) is 12.8. The second-order valence-corrected chi connectivity index (χ2v) is 7.12. The molecule has 0 fully saturated rings. The van der Waals surface area contributed by atoms with Gasteiger partial charge >= 0.3 is 0 Å². The number of hydrogen-bond donors (Lipinski definition) is 1. The molecule has 0 atom stereocenters. The molecule has 9 heteroatoms. The minimum atomic E-state index is -3.15. The molecular weight excluding hydrogens is 298 g/mol. The molecular formula is C11H15N5O2S2. The van der Waals surface area contributed by atoms with Crippen LogP contribution < -0.4 is 4.72 Å². The summed E-state index contributed by atoms with van der Waals surface area (Å²) in [6.45, 7) is 2.33. The van der Waals surface area contributed by atoms with Gasteiger partial charge in [-0.15, -0.1) is 5.10 Å². The van der Waals surface area contributed by atoms with E-state index in [1.165, 1.54) is 11.8 Å². The van der Waals surface area contributed by atoms with E-state index in [9.17, 15) is 8.42 Å². The van der Waals surface area contributed by atoms with Crippen LogP contribution in [0.4, 0.5) is 0 Å². The molecule has 0 aliphatic heterocycles. The third-order valence-electron chi connectivity index (χ3n) is 2.38. The van der Waals surface area contributed by atoms with Gasteiger partial charge in [0.05, 0.1) is 11.9 Å². The molecule has 108 valence electrons. The first-order chi connectivity index (χ1) is 9.46. The second-order valence-electron chi connectivity index (χ2n) is 4.23. The monoisotopic (exact) mass is 313 g/mol. The molecule has 0 aliphatic carbocycles. The van der Waals surface area contributed by atoms with Crippen LogP contribution in [0.2, 0.25) is 0 Å². The molecule has 2 aromatic rings. The fourth-order valence-corrected chi connectivity index (χ4v) is 2.91. The number of sulfonamides is 1. The average molecular weight is 313 g/mol. The molecule has 7 nitrogen and oxygen atoms in total. The Kier molecular flexibility index (Phi) is 4.73. The van der Waals surface area contributed by atoms with Gasteiger partial charge in [0.15, 0.2) is 0 Å². The predicted octanol–water partition coefficient (Wildman–Crippen LogP) is 0.612. The van der Waals surface area contributed by atoms with Crippen molar-refractivity contribution in [2.75, 3.05) is 18.6 Å². The van der Waals surface area contributed by atoms with Gasteiger partial charge in [-0.1, -0.05) is 23.9 Å². The number of tetrazole rings is 1. The van der Waals surface area contributed by atoms with Gasteiger partial charge in [-0.25, -0.2) is 13.1 Å². The lowest BCUT2D eigenvalue weighted by Crippen LogP contribution is -2.24. The molecule has 0 aliphatic rings. The van der Waals surface area contributed by atoms with Crippen LogP contribution in [0.25, 0.3) is 5.69 Å². The first kappa shape index (κ1) is 14.9. The highest BCUT2D eigenvalue weighted by atomic mass is 32.2. The molecule has 20 heavy (non-hydrogen) atoms. The van der Waals surface area contributed by atoms with Crippen molar-refractivity contribution in [3.8, 4) is 5.69 Å². The second kappa shape index (κ2) is 6.33. The standard InChI is InChI=1S/C11H15N5O2S2/c1-9-4-3-5-10(8-9)16-11(13-14-15-16)19-7-6-12-20(2,17)18/h3-5,8,12H,6-7H2,1-2H3. The van der Waals surface area contributed by atoms with Gasteiger partial charge in [-0.3, -0.25) is 0 Å². The van der Waals surface area contributed by atoms with Crippen LogP contribution in [0.1, 0.15) is 5.56 Å². The molecule has 0 unspecified atom stereocenters. The average Bonchev–Trinajstić information content (AvgIpc) is 2.82. The van der Waals surface area contributed by atoms with Gasteiger partial charge in [0.2, 0.25) is 15.2 Å². The quantitative estimate of drug-likeness (QED) is 0.621. The maximum atomic E-state index is 11.0. The number of rotatable bonds is 6. The van der Waals surface area contributed by atoms with Gasteiger partial charge in [-0.2, -0.15) is 4.68 Å². The van der Waals surface area contributed by atoms with E-state index in [1.807, 2.05) is 31.2 Å². The summed E-state index contributed by atoms with van der Waals surface area (Å²) in [5.41, 5.74) is 2.00. The Bertz CT molecular complexity index is 684. The maximum absolute atomic E-state index is 11.0. The maximum Gasteiger partial charge on any atom is 0.214 e. The molecule has 1 aromatic carbocycles. The summed E-state index contributed by atoms with van der Waals surface area (Å²) in [6.07, 6.45) is 1.13. The molecule has 2 rings (SSSR count). The third kappa shape index (κ3) is 4.29. The highest BCUT2D eigenvalue weighted by molar-refractivity contribution is 7.99. The zero-order chi connectivity index (χ0) is 14.6. The van der Waals surface area contributed by atoms with Crippen LogP contribution in [0.3, 0.4) is 0 Å². The number of nitrogens with zero attached hydrogens (tertiary/aromatic N) is 4. The van der Waals surface area contributed by atoms with Crippen LogP contribution in [-0.4, -0.2) is 47.2 Å². The van der Waals surface area contributed by atoms with Gasteiger partial charge < -0.3 is 0 Å². The van der Waals surface area contributed by atoms with E-state index in [4.69, 9.17) is 0 Å². The van der Waals surface area contributed by atoms with E-state index in [1.54, 1.807) is 4.68 Å². The molecule has 0 saturated heterocycles. The minimum Gasteiger partial charge on any atom is -0.215 e. The van der Waals surface area contributed by atoms with E-state index in [0.717, 1.165) is 17.5 Å². The van der Waals surface area contributed by atoms with E-state index in [0.29, 0.717) is 17.5 Å². The van der Waals surface area contributed by atoms with Crippen molar-refractivity contribution in [1.29, 1.82) is 0 Å². The number of benzene rings is 1. The summed E-state index contributed by atoms with van der Waals surface area (Å²) >= 11 is 1.40. The molecule has 0 amide bonds. The molecule has 0 spiro atoms. The number of aromatic nitrogens is 4. The summed E-state index contributed by atoms with van der Waals surface area (Å²) in [6, 6.07) is 7.83. The van der Waals surface area contributed by atoms with Gasteiger partial charge in [0, 0.05) is 12.3 Å². The van der Waals surface area contributed by atoms with Crippen LogP contribution in [-0.2, 0) is 10.0 Å². The molecule has 0 radical (unpaired) electrons. The molecule has 1 N–H and O–H groups in total. The molecule has 1 heterocycles. The SMILES string of the molecule is Cc1cccc(-n2nnnc2SCCNS(C)(=O)=O)c1. The van der Waals surface area contributed by atoms with E-state index < -0.39 is 10.0 Å². The third-order valence-corrected chi connectivity index (χ3v) is 4.03. The summed E-state index contributed by atoms with van der Waals surface area (Å²) in [4.78, 5) is 0. The lowest BCUT2D eigenvalue weighted by Gasteiger charge is -2.05. The van der Waals surface area contributed by atoms with Gasteiger partial charge in [-0.05, 0) is 35.0 Å². The smallest absolute Gasteiger partial charge is 0.214 e. The molecule has 0 bridgehead atoms. The number of hydrogen-bond acceptors (Lipinski definition) is 6. The van der Waals surface area contributed by atoms with E-state index in [2.05, 4.69) is 20.2 Å². The highest BCUT2D eigenvalue weighted by Gasteiger charge is 2.09. The van der Waals surface area contributed by atoms with Crippen LogP contribution in [0, 0.1) is 6.92 Å². The lowest BCUT2D eigenvalue weighted by molar-refractivity contribution is 0.590. The number of nitrogens with one attached hydrogen (secondary N) is 1. The van der Waals surface area contributed by atoms with Crippen molar-refractivity contribution in [2.24, 2.45) is 0 Å². The fourth-order valence-electron chi connectivity index (χ4n) is 1.56.